The third-order valence-electron chi connectivity index (χ3n) is 3.70. The highest BCUT2D eigenvalue weighted by atomic mass is 19.1. The summed E-state index contributed by atoms with van der Waals surface area (Å²) in [7, 11) is 3.11. The van der Waals surface area contributed by atoms with Gasteiger partial charge in [0, 0.05) is 20.7 Å². The number of ether oxygens (including phenoxy) is 1. The summed E-state index contributed by atoms with van der Waals surface area (Å²) in [5, 5.41) is 14.0. The van der Waals surface area contributed by atoms with Gasteiger partial charge in [-0.15, -0.1) is 0 Å². The van der Waals surface area contributed by atoms with Gasteiger partial charge < -0.3 is 14.7 Å². The molecule has 2 rings (SSSR count). The largest absolute Gasteiger partial charge is 0.389 e. The van der Waals surface area contributed by atoms with E-state index in [9.17, 15) is 14.3 Å². The van der Waals surface area contributed by atoms with Crippen molar-refractivity contribution in [2.75, 3.05) is 27.3 Å². The number of amides is 1. The fraction of sp³-hybridized carbons (Fsp3) is 0.412. The average molecular weight is 335 g/mol. The summed E-state index contributed by atoms with van der Waals surface area (Å²) in [5.74, 6) is -0.553. The summed E-state index contributed by atoms with van der Waals surface area (Å²) >= 11 is 0. The van der Waals surface area contributed by atoms with Crippen molar-refractivity contribution >= 4 is 5.91 Å². The SMILES string of the molecule is CCc1c(C(=O)N(C)CC(O)COC)cnn1-c1ccc(F)cc1. The monoisotopic (exact) mass is 335 g/mol. The lowest BCUT2D eigenvalue weighted by Crippen LogP contribution is -2.36. The smallest absolute Gasteiger partial charge is 0.257 e. The van der Waals surface area contributed by atoms with Crippen molar-refractivity contribution in [2.24, 2.45) is 0 Å². The van der Waals surface area contributed by atoms with Crippen LogP contribution in [0.15, 0.2) is 30.5 Å². The Labute approximate surface area is 140 Å². The van der Waals surface area contributed by atoms with Crippen LogP contribution in [0, 0.1) is 5.82 Å². The molecule has 1 aromatic heterocycles. The molecule has 1 N–H and O–H groups in total. The molecule has 0 saturated heterocycles. The molecular formula is C17H22FN3O3. The minimum atomic E-state index is -0.749. The van der Waals surface area contributed by atoms with Crippen LogP contribution in [-0.2, 0) is 11.2 Å². The maximum absolute atomic E-state index is 13.1. The Hall–Kier alpha value is -2.25. The number of nitrogens with zero attached hydrogens (tertiary/aromatic N) is 3. The van der Waals surface area contributed by atoms with Gasteiger partial charge in [-0.1, -0.05) is 6.92 Å². The quantitative estimate of drug-likeness (QED) is 0.835. The van der Waals surface area contributed by atoms with Crippen LogP contribution in [0.25, 0.3) is 5.69 Å². The summed E-state index contributed by atoms with van der Waals surface area (Å²) in [6.45, 7) is 2.25. The van der Waals surface area contributed by atoms with E-state index in [-0.39, 0.29) is 24.9 Å². The first-order chi connectivity index (χ1) is 11.5. The van der Waals surface area contributed by atoms with Gasteiger partial charge >= 0.3 is 0 Å². The Balaban J connectivity index is 2.25. The summed E-state index contributed by atoms with van der Waals surface area (Å²) in [5.41, 5.74) is 1.89. The molecule has 0 saturated carbocycles. The highest BCUT2D eigenvalue weighted by Crippen LogP contribution is 2.17. The van der Waals surface area contributed by atoms with E-state index in [1.807, 2.05) is 6.92 Å². The molecule has 0 aliphatic carbocycles. The standard InChI is InChI=1S/C17H22FN3O3/c1-4-16-15(17(23)20(2)10-14(22)11-24-3)9-19-21(16)13-7-5-12(18)6-8-13/h5-9,14,22H,4,10-11H2,1-3H3. The van der Waals surface area contributed by atoms with Gasteiger partial charge in [-0.3, -0.25) is 4.79 Å². The maximum atomic E-state index is 13.1. The third-order valence-corrected chi connectivity index (χ3v) is 3.70. The van der Waals surface area contributed by atoms with E-state index < -0.39 is 6.10 Å². The second-order valence-electron chi connectivity index (χ2n) is 5.54. The van der Waals surface area contributed by atoms with E-state index >= 15 is 0 Å². The molecule has 6 nitrogen and oxygen atoms in total. The number of benzene rings is 1. The van der Waals surface area contributed by atoms with Crippen LogP contribution < -0.4 is 0 Å². The lowest BCUT2D eigenvalue weighted by Gasteiger charge is -2.20. The van der Waals surface area contributed by atoms with Crippen molar-refractivity contribution in [1.29, 1.82) is 0 Å². The van der Waals surface area contributed by atoms with Crippen LogP contribution in [0.1, 0.15) is 23.0 Å². The number of aliphatic hydroxyl groups excluding tert-OH is 1. The number of carbonyl (C=O) groups excluding carboxylic acids is 1. The molecule has 0 aliphatic rings. The van der Waals surface area contributed by atoms with Crippen molar-refractivity contribution in [2.45, 2.75) is 19.4 Å². The number of rotatable bonds is 7. The van der Waals surface area contributed by atoms with Crippen molar-refractivity contribution in [3.05, 3.63) is 47.5 Å². The second kappa shape index (κ2) is 8.03. The second-order valence-corrected chi connectivity index (χ2v) is 5.54. The van der Waals surface area contributed by atoms with E-state index in [0.717, 1.165) is 5.69 Å². The van der Waals surface area contributed by atoms with E-state index in [0.29, 0.717) is 17.7 Å². The Bertz CT molecular complexity index is 685. The van der Waals surface area contributed by atoms with Gasteiger partial charge in [-0.05, 0) is 30.7 Å². The number of hydrogen-bond acceptors (Lipinski definition) is 4. The fourth-order valence-electron chi connectivity index (χ4n) is 2.55. The molecule has 0 fully saturated rings. The van der Waals surface area contributed by atoms with E-state index in [1.165, 1.54) is 30.3 Å². The van der Waals surface area contributed by atoms with Crippen LogP contribution in [0.5, 0.6) is 0 Å². The zero-order chi connectivity index (χ0) is 17.7. The molecule has 7 heteroatoms. The molecule has 0 spiro atoms. The van der Waals surface area contributed by atoms with Gasteiger partial charge in [-0.2, -0.15) is 5.10 Å². The van der Waals surface area contributed by atoms with Crippen molar-refractivity contribution in [3.63, 3.8) is 0 Å². The molecule has 0 radical (unpaired) electrons. The first-order valence-electron chi connectivity index (χ1n) is 7.73. The summed E-state index contributed by atoms with van der Waals surface area (Å²) in [6.07, 6.45) is 1.34. The van der Waals surface area contributed by atoms with Crippen LogP contribution >= 0.6 is 0 Å². The normalized spacial score (nSPS) is 12.2. The molecule has 1 amide bonds. The highest BCUT2D eigenvalue weighted by Gasteiger charge is 2.21. The number of aliphatic hydroxyl groups is 1. The topological polar surface area (TPSA) is 67.6 Å². The maximum Gasteiger partial charge on any atom is 0.257 e. The Morgan fingerprint density at radius 3 is 2.67 bits per heavy atom. The van der Waals surface area contributed by atoms with Crippen LogP contribution in [0.2, 0.25) is 0 Å². The summed E-state index contributed by atoms with van der Waals surface area (Å²) in [6, 6.07) is 5.93. The van der Waals surface area contributed by atoms with Gasteiger partial charge in [0.25, 0.3) is 5.91 Å². The molecule has 0 aliphatic heterocycles. The van der Waals surface area contributed by atoms with Crippen molar-refractivity contribution in [3.8, 4) is 5.69 Å². The first kappa shape index (κ1) is 18.1. The number of halogens is 1. The number of aromatic nitrogens is 2. The van der Waals surface area contributed by atoms with E-state index in [4.69, 9.17) is 4.74 Å². The molecule has 0 bridgehead atoms. The summed E-state index contributed by atoms with van der Waals surface area (Å²) in [4.78, 5) is 14.1. The molecule has 1 atom stereocenters. The number of methoxy groups -OCH3 is 1. The predicted octanol–water partition coefficient (Wildman–Crippen LogP) is 1.65. The molecule has 1 heterocycles. The van der Waals surface area contributed by atoms with Crippen molar-refractivity contribution < 1.29 is 19.0 Å². The van der Waals surface area contributed by atoms with Crippen molar-refractivity contribution in [1.82, 2.24) is 14.7 Å². The van der Waals surface area contributed by atoms with Crippen LogP contribution in [-0.4, -0.2) is 59.1 Å². The molecule has 2 aromatic rings. The van der Waals surface area contributed by atoms with Crippen LogP contribution in [0.3, 0.4) is 0 Å². The lowest BCUT2D eigenvalue weighted by molar-refractivity contribution is 0.0380. The first-order valence-corrected chi connectivity index (χ1v) is 7.73. The Morgan fingerprint density at radius 2 is 2.08 bits per heavy atom. The Morgan fingerprint density at radius 1 is 1.42 bits per heavy atom. The zero-order valence-corrected chi connectivity index (χ0v) is 14.1. The van der Waals surface area contributed by atoms with Gasteiger partial charge in [0.2, 0.25) is 0 Å². The van der Waals surface area contributed by atoms with E-state index in [2.05, 4.69) is 5.10 Å². The minimum Gasteiger partial charge on any atom is -0.389 e. The molecular weight excluding hydrogens is 313 g/mol. The molecule has 1 aromatic carbocycles. The predicted molar refractivity (Wildman–Crippen MR) is 87.7 cm³/mol. The molecule has 1 unspecified atom stereocenters. The van der Waals surface area contributed by atoms with Gasteiger partial charge in [0.1, 0.15) is 5.82 Å². The minimum absolute atomic E-state index is 0.160. The number of hydrogen-bond donors (Lipinski definition) is 1. The van der Waals surface area contributed by atoms with Gasteiger partial charge in [0.15, 0.2) is 0 Å². The average Bonchev–Trinajstić information content (AvgIpc) is 2.98. The molecule has 24 heavy (non-hydrogen) atoms. The number of carbonyl (C=O) groups is 1. The Kier molecular flexibility index (Phi) is 6.05. The zero-order valence-electron chi connectivity index (χ0n) is 14.1. The third kappa shape index (κ3) is 3.98. The van der Waals surface area contributed by atoms with Gasteiger partial charge in [0.05, 0.1) is 35.9 Å². The van der Waals surface area contributed by atoms with E-state index in [1.54, 1.807) is 23.9 Å². The van der Waals surface area contributed by atoms with Crippen LogP contribution in [0.4, 0.5) is 4.39 Å². The summed E-state index contributed by atoms with van der Waals surface area (Å²) < 4.78 is 19.6. The van der Waals surface area contributed by atoms with Gasteiger partial charge in [-0.25, -0.2) is 9.07 Å². The highest BCUT2D eigenvalue weighted by molar-refractivity contribution is 5.95. The lowest BCUT2D eigenvalue weighted by atomic mass is 10.1. The number of likely N-dealkylation sites (N-methyl/N-ethyl adjacent to an activating group) is 1. The fourth-order valence-corrected chi connectivity index (χ4v) is 2.55. The molecule has 130 valence electrons.